The first-order valence-electron chi connectivity index (χ1n) is 7.70. The molecule has 5 aromatic rings. The van der Waals surface area contributed by atoms with Crippen molar-refractivity contribution in [2.24, 2.45) is 0 Å². The van der Waals surface area contributed by atoms with Gasteiger partial charge in [-0.15, -0.1) is 5.10 Å². The summed E-state index contributed by atoms with van der Waals surface area (Å²) < 4.78 is 1.68. The van der Waals surface area contributed by atoms with Gasteiger partial charge in [0.2, 0.25) is 0 Å². The first-order chi connectivity index (χ1) is 12.3. The van der Waals surface area contributed by atoms with Crippen molar-refractivity contribution in [1.29, 1.82) is 0 Å². The molecule has 2 aromatic carbocycles. The number of halogens is 1. The minimum Gasteiger partial charge on any atom is -0.274 e. The van der Waals surface area contributed by atoms with Crippen LogP contribution in [0, 0.1) is 0 Å². The highest BCUT2D eigenvalue weighted by atomic mass is 35.5. The largest absolute Gasteiger partial charge is 0.274 e. The van der Waals surface area contributed by atoms with E-state index in [0.717, 1.165) is 33.5 Å². The maximum absolute atomic E-state index is 5.94. The molecule has 0 saturated heterocycles. The molecule has 3 heterocycles. The lowest BCUT2D eigenvalue weighted by atomic mass is 10.1. The van der Waals surface area contributed by atoms with Crippen molar-refractivity contribution in [2.45, 2.75) is 0 Å². The smallest absolute Gasteiger partial charge is 0.200 e. The molecule has 6 nitrogen and oxygen atoms in total. The molecule has 7 heteroatoms. The van der Waals surface area contributed by atoms with Crippen molar-refractivity contribution in [3.8, 4) is 22.8 Å². The molecule has 0 unspecified atom stereocenters. The second-order valence-corrected chi connectivity index (χ2v) is 6.08. The average Bonchev–Trinajstić information content (AvgIpc) is 3.29. The molecule has 5 rings (SSSR count). The van der Waals surface area contributed by atoms with E-state index in [1.807, 2.05) is 54.6 Å². The predicted molar refractivity (Wildman–Crippen MR) is 96.3 cm³/mol. The van der Waals surface area contributed by atoms with Gasteiger partial charge in [0.25, 0.3) is 0 Å². The second-order valence-electron chi connectivity index (χ2n) is 5.64. The summed E-state index contributed by atoms with van der Waals surface area (Å²) >= 11 is 5.94. The van der Waals surface area contributed by atoms with Gasteiger partial charge in [0, 0.05) is 16.0 Å². The van der Waals surface area contributed by atoms with Crippen LogP contribution in [0.3, 0.4) is 0 Å². The van der Waals surface area contributed by atoms with Crippen LogP contribution in [0.25, 0.3) is 39.3 Å². The van der Waals surface area contributed by atoms with E-state index in [-0.39, 0.29) is 0 Å². The van der Waals surface area contributed by atoms with E-state index in [0.29, 0.717) is 10.8 Å². The number of nitrogens with zero attached hydrogens (tertiary/aromatic N) is 5. The zero-order chi connectivity index (χ0) is 16.8. The van der Waals surface area contributed by atoms with Gasteiger partial charge in [-0.05, 0) is 30.3 Å². The van der Waals surface area contributed by atoms with Gasteiger partial charge in [0.1, 0.15) is 12.0 Å². The molecule has 0 spiro atoms. The van der Waals surface area contributed by atoms with Gasteiger partial charge in [-0.25, -0.2) is 14.5 Å². The molecule has 0 bridgehead atoms. The zero-order valence-corrected chi connectivity index (χ0v) is 13.6. The van der Waals surface area contributed by atoms with Crippen LogP contribution in [0.15, 0.2) is 60.9 Å². The molecule has 0 aliphatic rings. The highest BCUT2D eigenvalue weighted by Crippen LogP contribution is 2.24. The molecule has 0 aliphatic heterocycles. The summed E-state index contributed by atoms with van der Waals surface area (Å²) in [6, 6.07) is 17.3. The van der Waals surface area contributed by atoms with Crippen LogP contribution in [-0.4, -0.2) is 29.8 Å². The Morgan fingerprint density at radius 2 is 1.84 bits per heavy atom. The molecule has 0 fully saturated rings. The first-order valence-corrected chi connectivity index (χ1v) is 8.07. The summed E-state index contributed by atoms with van der Waals surface area (Å²) in [6.45, 7) is 0. The highest BCUT2D eigenvalue weighted by molar-refractivity contribution is 6.30. The minimum atomic E-state index is 0.575. The lowest BCUT2D eigenvalue weighted by molar-refractivity contribution is 0.933. The molecule has 0 radical (unpaired) electrons. The summed E-state index contributed by atoms with van der Waals surface area (Å²) in [7, 11) is 0. The number of para-hydroxylation sites is 1. The van der Waals surface area contributed by atoms with E-state index in [4.69, 9.17) is 11.6 Å². The van der Waals surface area contributed by atoms with Crippen molar-refractivity contribution in [3.05, 3.63) is 65.9 Å². The van der Waals surface area contributed by atoms with E-state index >= 15 is 0 Å². The fraction of sp³-hybridized carbons (Fsp3) is 0. The Morgan fingerprint density at radius 1 is 1.00 bits per heavy atom. The van der Waals surface area contributed by atoms with Crippen molar-refractivity contribution in [1.82, 2.24) is 29.8 Å². The Balaban J connectivity index is 1.61. The van der Waals surface area contributed by atoms with Crippen LogP contribution in [0.4, 0.5) is 0 Å². The topological polar surface area (TPSA) is 71.8 Å². The molecular weight excluding hydrogens is 336 g/mol. The van der Waals surface area contributed by atoms with Crippen LogP contribution in [0.1, 0.15) is 0 Å². The van der Waals surface area contributed by atoms with Gasteiger partial charge < -0.3 is 0 Å². The molecule has 25 heavy (non-hydrogen) atoms. The molecular formula is C18H11ClN6. The Morgan fingerprint density at radius 3 is 2.72 bits per heavy atom. The van der Waals surface area contributed by atoms with E-state index in [1.54, 1.807) is 10.8 Å². The third kappa shape index (κ3) is 2.35. The van der Waals surface area contributed by atoms with E-state index in [2.05, 4.69) is 25.3 Å². The van der Waals surface area contributed by atoms with E-state index in [1.165, 1.54) is 0 Å². The van der Waals surface area contributed by atoms with Crippen molar-refractivity contribution in [2.75, 3.05) is 0 Å². The van der Waals surface area contributed by atoms with Crippen molar-refractivity contribution >= 4 is 28.2 Å². The van der Waals surface area contributed by atoms with Gasteiger partial charge in [-0.1, -0.05) is 35.9 Å². The maximum Gasteiger partial charge on any atom is 0.200 e. The Labute approximate surface area is 147 Å². The third-order valence-corrected chi connectivity index (χ3v) is 4.29. The second kappa shape index (κ2) is 5.39. The third-order valence-electron chi connectivity index (χ3n) is 4.04. The van der Waals surface area contributed by atoms with E-state index in [9.17, 15) is 0 Å². The number of hydrogen-bond acceptors (Lipinski definition) is 4. The first kappa shape index (κ1) is 14.1. The highest BCUT2D eigenvalue weighted by Gasteiger charge is 2.13. The SMILES string of the molecule is Clc1ccc(-c2cc(-c3nc4c5ccccc5ncn4n3)[nH]n2)cc1. The zero-order valence-electron chi connectivity index (χ0n) is 12.9. The van der Waals surface area contributed by atoms with Crippen LogP contribution in [0.5, 0.6) is 0 Å². The summed E-state index contributed by atoms with van der Waals surface area (Å²) in [5, 5.41) is 13.5. The Kier molecular flexibility index (Phi) is 3.05. The lowest BCUT2D eigenvalue weighted by Gasteiger charge is -1.96. The molecule has 120 valence electrons. The molecule has 0 amide bonds. The summed E-state index contributed by atoms with van der Waals surface area (Å²) in [4.78, 5) is 9.05. The van der Waals surface area contributed by atoms with Crippen LogP contribution in [-0.2, 0) is 0 Å². The quantitative estimate of drug-likeness (QED) is 0.524. The number of H-pyrrole nitrogens is 1. The van der Waals surface area contributed by atoms with Gasteiger partial charge in [-0.2, -0.15) is 5.10 Å². The van der Waals surface area contributed by atoms with Crippen molar-refractivity contribution in [3.63, 3.8) is 0 Å². The van der Waals surface area contributed by atoms with E-state index < -0.39 is 0 Å². The van der Waals surface area contributed by atoms with Crippen molar-refractivity contribution < 1.29 is 0 Å². The van der Waals surface area contributed by atoms with Crippen LogP contribution >= 0.6 is 11.6 Å². The number of fused-ring (bicyclic) bond motifs is 3. The fourth-order valence-electron chi connectivity index (χ4n) is 2.80. The molecule has 1 N–H and O–H groups in total. The number of benzene rings is 2. The summed E-state index contributed by atoms with van der Waals surface area (Å²) in [5.41, 5.74) is 4.19. The summed E-state index contributed by atoms with van der Waals surface area (Å²) in [5.74, 6) is 0.575. The maximum atomic E-state index is 5.94. The molecule has 0 atom stereocenters. The Hall–Kier alpha value is -3.25. The minimum absolute atomic E-state index is 0.575. The van der Waals surface area contributed by atoms with Gasteiger partial charge in [0.05, 0.1) is 11.2 Å². The van der Waals surface area contributed by atoms with Gasteiger partial charge in [-0.3, -0.25) is 5.10 Å². The predicted octanol–water partition coefficient (Wildman–Crippen LogP) is 3.99. The standard InChI is InChI=1S/C18H11ClN6/c19-12-7-5-11(6-8-12)15-9-16(23-22-15)17-21-18-13-3-1-2-4-14(13)20-10-25(18)24-17/h1-10H,(H,22,23). The van der Waals surface area contributed by atoms with Crippen LogP contribution in [0.2, 0.25) is 5.02 Å². The summed E-state index contributed by atoms with van der Waals surface area (Å²) in [6.07, 6.45) is 1.67. The number of rotatable bonds is 2. The molecule has 0 saturated carbocycles. The van der Waals surface area contributed by atoms with Gasteiger partial charge in [0.15, 0.2) is 11.5 Å². The van der Waals surface area contributed by atoms with Crippen LogP contribution < -0.4 is 0 Å². The monoisotopic (exact) mass is 346 g/mol. The fourth-order valence-corrected chi connectivity index (χ4v) is 2.92. The Bertz CT molecular complexity index is 1210. The number of aromatic nitrogens is 6. The average molecular weight is 347 g/mol. The van der Waals surface area contributed by atoms with Gasteiger partial charge >= 0.3 is 0 Å². The molecule has 0 aliphatic carbocycles. The molecule has 3 aromatic heterocycles. The number of nitrogens with one attached hydrogen (secondary N) is 1. The number of aromatic amines is 1. The lowest BCUT2D eigenvalue weighted by Crippen LogP contribution is -1.90. The normalized spacial score (nSPS) is 11.4. The number of hydrogen-bond donors (Lipinski definition) is 1.